The molecule has 1 aliphatic carbocycles. The Hall–Kier alpha value is -1.26. The Bertz CT molecular complexity index is 410. The number of nitrogens with zero attached hydrogens (tertiary/aromatic N) is 1. The molecule has 2 N–H and O–H groups in total. The van der Waals surface area contributed by atoms with Gasteiger partial charge >= 0.3 is 12.0 Å². The fourth-order valence-electron chi connectivity index (χ4n) is 3.73. The molecule has 0 aromatic carbocycles. The van der Waals surface area contributed by atoms with Crippen LogP contribution in [0.5, 0.6) is 0 Å². The van der Waals surface area contributed by atoms with E-state index in [0.717, 1.165) is 19.3 Å². The normalized spacial score (nSPS) is 33.2. The minimum absolute atomic E-state index is 0.0301. The molecule has 0 radical (unpaired) electrons. The fourth-order valence-corrected chi connectivity index (χ4v) is 3.73. The molecule has 2 amide bonds. The predicted molar refractivity (Wildman–Crippen MR) is 81.0 cm³/mol. The van der Waals surface area contributed by atoms with Crippen molar-refractivity contribution in [2.45, 2.75) is 58.9 Å². The number of nitrogens with one attached hydrogen (secondary N) is 1. The van der Waals surface area contributed by atoms with Gasteiger partial charge in [-0.3, -0.25) is 4.79 Å². The van der Waals surface area contributed by atoms with E-state index in [-0.39, 0.29) is 18.0 Å². The van der Waals surface area contributed by atoms with Crippen molar-refractivity contribution in [1.29, 1.82) is 0 Å². The molecule has 2 rings (SSSR count). The Balaban J connectivity index is 1.94. The van der Waals surface area contributed by atoms with Gasteiger partial charge in [-0.05, 0) is 31.1 Å². The number of carbonyl (C=O) groups is 2. The number of aliphatic carboxylic acids is 1. The SMILES string of the molecule is CC1CCCC(NC(=O)N2CCC(C(=O)O)(C(C)C)C2)C1. The van der Waals surface area contributed by atoms with Gasteiger partial charge in [-0.15, -0.1) is 0 Å². The van der Waals surface area contributed by atoms with E-state index in [9.17, 15) is 14.7 Å². The van der Waals surface area contributed by atoms with Crippen LogP contribution in [-0.4, -0.2) is 41.1 Å². The molecule has 3 atom stereocenters. The van der Waals surface area contributed by atoms with Crippen LogP contribution in [0.1, 0.15) is 52.9 Å². The van der Waals surface area contributed by atoms with Gasteiger partial charge in [-0.1, -0.05) is 33.6 Å². The number of urea groups is 1. The molecule has 1 aliphatic heterocycles. The maximum atomic E-state index is 12.4. The molecule has 5 nitrogen and oxygen atoms in total. The molecular weight excluding hydrogens is 268 g/mol. The van der Waals surface area contributed by atoms with Gasteiger partial charge in [-0.25, -0.2) is 4.79 Å². The molecule has 3 unspecified atom stereocenters. The van der Waals surface area contributed by atoms with E-state index in [0.29, 0.717) is 25.4 Å². The van der Waals surface area contributed by atoms with Crippen molar-refractivity contribution in [3.63, 3.8) is 0 Å². The summed E-state index contributed by atoms with van der Waals surface area (Å²) in [6.45, 7) is 6.95. The molecule has 2 aliphatic rings. The summed E-state index contributed by atoms with van der Waals surface area (Å²) in [6, 6.07) is 0.165. The minimum atomic E-state index is -0.781. The first-order valence-corrected chi connectivity index (χ1v) is 8.14. The highest BCUT2D eigenvalue weighted by Gasteiger charge is 2.48. The fraction of sp³-hybridized carbons (Fsp3) is 0.875. The largest absolute Gasteiger partial charge is 0.481 e. The lowest BCUT2D eigenvalue weighted by Gasteiger charge is -2.31. The summed E-state index contributed by atoms with van der Waals surface area (Å²) in [5.74, 6) is -0.0852. The topological polar surface area (TPSA) is 69.6 Å². The van der Waals surface area contributed by atoms with Gasteiger partial charge in [0.1, 0.15) is 0 Å². The second-order valence-corrected chi connectivity index (χ2v) is 7.21. The van der Waals surface area contributed by atoms with Crippen LogP contribution < -0.4 is 5.32 Å². The van der Waals surface area contributed by atoms with Gasteiger partial charge in [0, 0.05) is 19.1 Å². The molecule has 1 saturated heterocycles. The minimum Gasteiger partial charge on any atom is -0.481 e. The molecular formula is C16H28N2O3. The average molecular weight is 296 g/mol. The molecule has 120 valence electrons. The summed E-state index contributed by atoms with van der Waals surface area (Å²) < 4.78 is 0. The second-order valence-electron chi connectivity index (χ2n) is 7.21. The van der Waals surface area contributed by atoms with E-state index >= 15 is 0 Å². The van der Waals surface area contributed by atoms with Crippen LogP contribution in [0.15, 0.2) is 0 Å². The van der Waals surface area contributed by atoms with E-state index in [1.807, 2.05) is 13.8 Å². The third kappa shape index (κ3) is 3.33. The van der Waals surface area contributed by atoms with Crippen LogP contribution in [0.25, 0.3) is 0 Å². The van der Waals surface area contributed by atoms with Gasteiger partial charge in [0.15, 0.2) is 0 Å². The molecule has 1 saturated carbocycles. The smallest absolute Gasteiger partial charge is 0.317 e. The van der Waals surface area contributed by atoms with Crippen molar-refractivity contribution in [3.8, 4) is 0 Å². The zero-order valence-corrected chi connectivity index (χ0v) is 13.4. The van der Waals surface area contributed by atoms with E-state index < -0.39 is 11.4 Å². The molecule has 5 heteroatoms. The Labute approximate surface area is 127 Å². The zero-order valence-electron chi connectivity index (χ0n) is 13.4. The number of carboxylic acid groups (broad SMARTS) is 1. The average Bonchev–Trinajstić information content (AvgIpc) is 2.85. The van der Waals surface area contributed by atoms with Gasteiger partial charge in [0.25, 0.3) is 0 Å². The molecule has 0 aromatic rings. The van der Waals surface area contributed by atoms with Crippen molar-refractivity contribution in [2.24, 2.45) is 17.3 Å². The maximum absolute atomic E-state index is 12.4. The third-order valence-corrected chi connectivity index (χ3v) is 5.38. The Morgan fingerprint density at radius 3 is 2.57 bits per heavy atom. The highest BCUT2D eigenvalue weighted by molar-refractivity contribution is 5.80. The summed E-state index contributed by atoms with van der Waals surface area (Å²) in [7, 11) is 0. The Morgan fingerprint density at radius 2 is 2.05 bits per heavy atom. The number of rotatable bonds is 3. The van der Waals surface area contributed by atoms with Crippen molar-refractivity contribution < 1.29 is 14.7 Å². The van der Waals surface area contributed by atoms with E-state index in [2.05, 4.69) is 12.2 Å². The van der Waals surface area contributed by atoms with Crippen molar-refractivity contribution >= 4 is 12.0 Å². The molecule has 1 heterocycles. The maximum Gasteiger partial charge on any atom is 0.317 e. The van der Waals surface area contributed by atoms with Crippen molar-refractivity contribution in [3.05, 3.63) is 0 Å². The highest BCUT2D eigenvalue weighted by atomic mass is 16.4. The van der Waals surface area contributed by atoms with Crippen LogP contribution in [0, 0.1) is 17.3 Å². The number of amides is 2. The molecule has 0 spiro atoms. The van der Waals surface area contributed by atoms with Crippen LogP contribution >= 0.6 is 0 Å². The van der Waals surface area contributed by atoms with Crippen molar-refractivity contribution in [2.75, 3.05) is 13.1 Å². The number of hydrogen-bond acceptors (Lipinski definition) is 2. The Morgan fingerprint density at radius 1 is 1.33 bits per heavy atom. The van der Waals surface area contributed by atoms with Gasteiger partial charge in [0.2, 0.25) is 0 Å². The lowest BCUT2D eigenvalue weighted by Crippen LogP contribution is -2.47. The first-order chi connectivity index (χ1) is 9.85. The molecule has 2 fully saturated rings. The van der Waals surface area contributed by atoms with Crippen molar-refractivity contribution in [1.82, 2.24) is 10.2 Å². The zero-order chi connectivity index (χ0) is 15.6. The summed E-state index contributed by atoms with van der Waals surface area (Å²) in [5.41, 5.74) is -0.781. The van der Waals surface area contributed by atoms with Crippen LogP contribution in [0.2, 0.25) is 0 Å². The number of likely N-dealkylation sites (tertiary alicyclic amines) is 1. The van der Waals surface area contributed by atoms with Crippen LogP contribution in [0.3, 0.4) is 0 Å². The highest BCUT2D eigenvalue weighted by Crippen LogP contribution is 2.38. The predicted octanol–water partition coefficient (Wildman–Crippen LogP) is 2.71. The summed E-state index contributed by atoms with van der Waals surface area (Å²) in [4.78, 5) is 25.7. The standard InChI is InChI=1S/C16H28N2O3/c1-11(2)16(14(19)20)7-8-18(10-16)15(21)17-13-6-4-5-12(3)9-13/h11-13H,4-10H2,1-3H3,(H,17,21)(H,19,20). The van der Waals surface area contributed by atoms with Gasteiger partial charge < -0.3 is 15.3 Å². The summed E-state index contributed by atoms with van der Waals surface area (Å²) in [5, 5.41) is 12.6. The third-order valence-electron chi connectivity index (χ3n) is 5.38. The lowest BCUT2D eigenvalue weighted by molar-refractivity contribution is -0.150. The second kappa shape index (κ2) is 6.24. The molecule has 21 heavy (non-hydrogen) atoms. The summed E-state index contributed by atoms with van der Waals surface area (Å²) in [6.07, 6.45) is 5.03. The van der Waals surface area contributed by atoms with E-state index in [4.69, 9.17) is 0 Å². The first-order valence-electron chi connectivity index (χ1n) is 8.14. The number of carboxylic acids is 1. The summed E-state index contributed by atoms with van der Waals surface area (Å²) >= 11 is 0. The van der Waals surface area contributed by atoms with E-state index in [1.54, 1.807) is 4.90 Å². The van der Waals surface area contributed by atoms with E-state index in [1.165, 1.54) is 6.42 Å². The van der Waals surface area contributed by atoms with Gasteiger partial charge in [0.05, 0.1) is 5.41 Å². The monoisotopic (exact) mass is 296 g/mol. The van der Waals surface area contributed by atoms with Crippen LogP contribution in [0.4, 0.5) is 4.79 Å². The Kier molecular flexibility index (Phi) is 4.79. The lowest BCUT2D eigenvalue weighted by atomic mass is 9.76. The molecule has 0 aromatic heterocycles. The number of hydrogen-bond donors (Lipinski definition) is 2. The van der Waals surface area contributed by atoms with Crippen LogP contribution in [-0.2, 0) is 4.79 Å². The molecule has 0 bridgehead atoms. The quantitative estimate of drug-likeness (QED) is 0.841. The first kappa shape index (κ1) is 16.1. The number of carbonyl (C=O) groups excluding carboxylic acids is 1. The van der Waals surface area contributed by atoms with Gasteiger partial charge in [-0.2, -0.15) is 0 Å².